The van der Waals surface area contributed by atoms with Crippen LogP contribution in [0.4, 0.5) is 0 Å². The van der Waals surface area contributed by atoms with Crippen molar-refractivity contribution < 1.29 is 9.47 Å². The summed E-state index contributed by atoms with van der Waals surface area (Å²) in [5.41, 5.74) is 2.91. The quantitative estimate of drug-likeness (QED) is 0.678. The third kappa shape index (κ3) is 2.94. The Bertz CT molecular complexity index is 809. The molecule has 0 saturated heterocycles. The van der Waals surface area contributed by atoms with Crippen LogP contribution in [0, 0.1) is 0 Å². The molecule has 0 fully saturated rings. The Morgan fingerprint density at radius 1 is 1.14 bits per heavy atom. The Balaban J connectivity index is 1.95. The maximum Gasteiger partial charge on any atom is 0.164 e. The van der Waals surface area contributed by atoms with Gasteiger partial charge in [0.15, 0.2) is 5.05 Å². The zero-order valence-corrected chi connectivity index (χ0v) is 13.3. The molecule has 0 N–H and O–H groups in total. The Hall–Kier alpha value is -2.40. The lowest BCUT2D eigenvalue weighted by Gasteiger charge is -2.07. The van der Waals surface area contributed by atoms with E-state index in [0.29, 0.717) is 17.4 Å². The normalized spacial score (nSPS) is 10.6. The molecule has 5 heteroatoms. The lowest BCUT2D eigenvalue weighted by atomic mass is 10.2. The summed E-state index contributed by atoms with van der Waals surface area (Å²) in [6.45, 7) is 4.38. The Labute approximate surface area is 134 Å². The van der Waals surface area contributed by atoms with Gasteiger partial charge in [0.2, 0.25) is 0 Å². The van der Waals surface area contributed by atoms with Gasteiger partial charge in [-0.3, -0.25) is 4.57 Å². The molecule has 3 rings (SSSR count). The zero-order chi connectivity index (χ0) is 15.5. The van der Waals surface area contributed by atoms with E-state index in [1.165, 1.54) is 0 Å². The molecule has 0 amide bonds. The van der Waals surface area contributed by atoms with Gasteiger partial charge in [-0.15, -0.1) is 0 Å². The van der Waals surface area contributed by atoms with Crippen LogP contribution in [0.25, 0.3) is 16.7 Å². The fraction of sp³-hybridized carbons (Fsp3) is 0.176. The van der Waals surface area contributed by atoms with Crippen molar-refractivity contribution in [3.05, 3.63) is 48.8 Å². The van der Waals surface area contributed by atoms with Crippen molar-refractivity contribution in [3.8, 4) is 17.2 Å². The van der Waals surface area contributed by atoms with Crippen molar-refractivity contribution >= 4 is 28.3 Å². The van der Waals surface area contributed by atoms with Gasteiger partial charge in [0.05, 0.1) is 17.6 Å². The first-order valence-corrected chi connectivity index (χ1v) is 7.47. The number of nitrogens with zero attached hydrogens (tertiary/aromatic N) is 2. The molecular formula is C17H16N2O2S. The number of imidazole rings is 1. The third-order valence-electron chi connectivity index (χ3n) is 3.21. The molecule has 1 heterocycles. The third-order valence-corrected chi connectivity index (χ3v) is 3.29. The summed E-state index contributed by atoms with van der Waals surface area (Å²) >= 11 is 4.96. The van der Waals surface area contributed by atoms with Crippen molar-refractivity contribution in [1.82, 2.24) is 9.55 Å². The molecule has 112 valence electrons. The van der Waals surface area contributed by atoms with Crippen LogP contribution in [0.1, 0.15) is 13.8 Å². The molecule has 22 heavy (non-hydrogen) atoms. The SMILES string of the molecule is CCOc1ccc(-n2cnc3cc(OC(C)=S)ccc32)cc1. The number of hydrogen-bond acceptors (Lipinski definition) is 4. The molecule has 4 nitrogen and oxygen atoms in total. The average molecular weight is 312 g/mol. The summed E-state index contributed by atoms with van der Waals surface area (Å²) in [7, 11) is 0. The molecule has 2 aromatic carbocycles. The lowest BCUT2D eigenvalue weighted by molar-refractivity contribution is 0.340. The largest absolute Gasteiger partial charge is 0.494 e. The van der Waals surface area contributed by atoms with Gasteiger partial charge >= 0.3 is 0 Å². The second-order valence-corrected chi connectivity index (χ2v) is 5.36. The fourth-order valence-corrected chi connectivity index (χ4v) is 2.39. The summed E-state index contributed by atoms with van der Waals surface area (Å²) in [5, 5.41) is 0.491. The van der Waals surface area contributed by atoms with Gasteiger partial charge in [-0.1, -0.05) is 0 Å². The molecule has 1 aromatic heterocycles. The van der Waals surface area contributed by atoms with Crippen LogP contribution in [0.15, 0.2) is 48.8 Å². The minimum atomic E-state index is 0.491. The maximum atomic E-state index is 5.46. The number of ether oxygens (including phenoxy) is 2. The predicted molar refractivity (Wildman–Crippen MR) is 91.1 cm³/mol. The van der Waals surface area contributed by atoms with Crippen molar-refractivity contribution in [2.45, 2.75) is 13.8 Å². The average Bonchev–Trinajstić information content (AvgIpc) is 2.91. The van der Waals surface area contributed by atoms with Crippen molar-refractivity contribution in [2.75, 3.05) is 6.61 Å². The van der Waals surface area contributed by atoms with Gasteiger partial charge < -0.3 is 9.47 Å². The van der Waals surface area contributed by atoms with E-state index in [9.17, 15) is 0 Å². The number of hydrogen-bond donors (Lipinski definition) is 0. The highest BCUT2D eigenvalue weighted by atomic mass is 32.1. The summed E-state index contributed by atoms with van der Waals surface area (Å²) in [6, 6.07) is 13.7. The van der Waals surface area contributed by atoms with Gasteiger partial charge in [-0.05, 0) is 55.5 Å². The van der Waals surface area contributed by atoms with Crippen molar-refractivity contribution in [2.24, 2.45) is 0 Å². The highest BCUT2D eigenvalue weighted by Crippen LogP contribution is 2.24. The van der Waals surface area contributed by atoms with Gasteiger partial charge in [-0.25, -0.2) is 4.98 Å². The molecule has 0 atom stereocenters. The van der Waals surface area contributed by atoms with Crippen LogP contribution in [-0.4, -0.2) is 21.2 Å². The second kappa shape index (κ2) is 6.15. The first kappa shape index (κ1) is 14.5. The van der Waals surface area contributed by atoms with E-state index >= 15 is 0 Å². The number of fused-ring (bicyclic) bond motifs is 1. The van der Waals surface area contributed by atoms with E-state index < -0.39 is 0 Å². The minimum absolute atomic E-state index is 0.491. The molecule has 0 radical (unpaired) electrons. The molecule has 3 aromatic rings. The van der Waals surface area contributed by atoms with Gasteiger partial charge in [0.1, 0.15) is 17.8 Å². The maximum absolute atomic E-state index is 5.46. The van der Waals surface area contributed by atoms with E-state index in [0.717, 1.165) is 22.5 Å². The molecule has 0 spiro atoms. The monoisotopic (exact) mass is 312 g/mol. The van der Waals surface area contributed by atoms with Crippen LogP contribution < -0.4 is 9.47 Å². The predicted octanol–water partition coefficient (Wildman–Crippen LogP) is 4.15. The van der Waals surface area contributed by atoms with E-state index in [-0.39, 0.29) is 0 Å². The van der Waals surface area contributed by atoms with E-state index in [4.69, 9.17) is 21.7 Å². The molecule has 0 aliphatic heterocycles. The molecule has 0 saturated carbocycles. The Morgan fingerprint density at radius 2 is 1.86 bits per heavy atom. The van der Waals surface area contributed by atoms with Crippen molar-refractivity contribution in [3.63, 3.8) is 0 Å². The van der Waals surface area contributed by atoms with Gasteiger partial charge in [0, 0.05) is 18.7 Å². The number of rotatable bonds is 4. The molecule has 0 unspecified atom stereocenters. The lowest BCUT2D eigenvalue weighted by Crippen LogP contribution is -1.98. The van der Waals surface area contributed by atoms with Crippen molar-refractivity contribution in [1.29, 1.82) is 0 Å². The zero-order valence-electron chi connectivity index (χ0n) is 12.4. The molecular weight excluding hydrogens is 296 g/mol. The Morgan fingerprint density at radius 3 is 2.55 bits per heavy atom. The first-order chi connectivity index (χ1) is 10.7. The fourth-order valence-electron chi connectivity index (χ4n) is 2.30. The Kier molecular flexibility index (Phi) is 4.06. The highest BCUT2D eigenvalue weighted by molar-refractivity contribution is 7.80. The van der Waals surface area contributed by atoms with Gasteiger partial charge in [0.25, 0.3) is 0 Å². The van der Waals surface area contributed by atoms with Crippen LogP contribution >= 0.6 is 12.2 Å². The summed E-state index contributed by atoms with van der Waals surface area (Å²) in [4.78, 5) is 4.43. The van der Waals surface area contributed by atoms with Crippen LogP contribution in [0.5, 0.6) is 11.5 Å². The van der Waals surface area contributed by atoms with E-state index in [1.54, 1.807) is 13.3 Å². The summed E-state index contributed by atoms with van der Waals surface area (Å²) in [6.07, 6.45) is 1.80. The second-order valence-electron chi connectivity index (χ2n) is 4.79. The van der Waals surface area contributed by atoms with E-state index in [1.807, 2.05) is 54.0 Å². The minimum Gasteiger partial charge on any atom is -0.494 e. The van der Waals surface area contributed by atoms with E-state index in [2.05, 4.69) is 4.98 Å². The van der Waals surface area contributed by atoms with Crippen LogP contribution in [0.3, 0.4) is 0 Å². The highest BCUT2D eigenvalue weighted by Gasteiger charge is 2.07. The molecule has 0 aliphatic rings. The first-order valence-electron chi connectivity index (χ1n) is 7.06. The summed E-state index contributed by atoms with van der Waals surface area (Å²) < 4.78 is 12.9. The van der Waals surface area contributed by atoms with Gasteiger partial charge in [-0.2, -0.15) is 0 Å². The molecule has 0 bridgehead atoms. The standard InChI is InChI=1S/C17H16N2O2S/c1-3-20-14-6-4-13(5-7-14)19-11-18-16-10-15(21-12(2)22)8-9-17(16)19/h4-11H,3H2,1-2H3. The number of aromatic nitrogens is 2. The van der Waals surface area contributed by atoms with Crippen LogP contribution in [-0.2, 0) is 0 Å². The molecule has 0 aliphatic carbocycles. The summed E-state index contributed by atoms with van der Waals surface area (Å²) in [5.74, 6) is 1.57. The number of thiocarbonyl (C=S) groups is 1. The van der Waals surface area contributed by atoms with Crippen LogP contribution in [0.2, 0.25) is 0 Å². The number of benzene rings is 2. The topological polar surface area (TPSA) is 36.3 Å². The smallest absolute Gasteiger partial charge is 0.164 e.